The molecular weight excluding hydrogens is 259 g/mol. The number of halogens is 1. The van der Waals surface area contributed by atoms with Gasteiger partial charge in [0.2, 0.25) is 0 Å². The fraction of sp³-hybridized carbons (Fsp3) is 0.333. The monoisotopic (exact) mass is 278 g/mol. The third-order valence-electron chi connectivity index (χ3n) is 3.46. The number of benzene rings is 1. The Morgan fingerprint density at radius 1 is 1.21 bits per heavy atom. The summed E-state index contributed by atoms with van der Waals surface area (Å²) in [6.45, 7) is 6.14. The smallest absolute Gasteiger partial charge is 0.123 e. The molecule has 0 amide bonds. The van der Waals surface area contributed by atoms with Gasteiger partial charge in [-0.15, -0.1) is 11.3 Å². The van der Waals surface area contributed by atoms with Crippen LogP contribution in [0.1, 0.15) is 32.5 Å². The van der Waals surface area contributed by atoms with Gasteiger partial charge in [0.1, 0.15) is 5.82 Å². The van der Waals surface area contributed by atoms with E-state index >= 15 is 0 Å². The fourth-order valence-electron chi connectivity index (χ4n) is 2.12. The number of hydrogen-bond donors (Lipinski definition) is 2. The molecule has 2 nitrogen and oxygen atoms in total. The summed E-state index contributed by atoms with van der Waals surface area (Å²) >= 11 is 1.76. The Labute approximate surface area is 117 Å². The fourth-order valence-corrected chi connectivity index (χ4v) is 3.23. The average molecular weight is 278 g/mol. The topological polar surface area (TPSA) is 38.0 Å². The lowest BCUT2D eigenvalue weighted by Gasteiger charge is -2.16. The Bertz CT molecular complexity index is 558. The highest BCUT2D eigenvalue weighted by molar-refractivity contribution is 7.12. The Morgan fingerprint density at radius 2 is 1.95 bits per heavy atom. The largest absolute Gasteiger partial charge is 0.271 e. The summed E-state index contributed by atoms with van der Waals surface area (Å²) in [5.41, 5.74) is 6.24. The van der Waals surface area contributed by atoms with E-state index in [-0.39, 0.29) is 11.9 Å². The lowest BCUT2D eigenvalue weighted by atomic mass is 10.00. The van der Waals surface area contributed by atoms with Gasteiger partial charge in [0.25, 0.3) is 0 Å². The maximum atomic E-state index is 13.1. The molecule has 1 aromatic carbocycles. The molecule has 1 atom stereocenters. The Balaban J connectivity index is 2.23. The molecule has 4 heteroatoms. The summed E-state index contributed by atoms with van der Waals surface area (Å²) in [6.07, 6.45) is 0.766. The number of rotatable bonds is 4. The van der Waals surface area contributed by atoms with Crippen LogP contribution in [0.3, 0.4) is 0 Å². The van der Waals surface area contributed by atoms with E-state index in [1.807, 2.05) is 13.0 Å². The first-order chi connectivity index (χ1) is 9.01. The van der Waals surface area contributed by atoms with Crippen LogP contribution in [-0.2, 0) is 6.42 Å². The molecule has 102 valence electrons. The first-order valence-electron chi connectivity index (χ1n) is 6.29. The van der Waals surface area contributed by atoms with Crippen molar-refractivity contribution in [3.8, 4) is 0 Å². The van der Waals surface area contributed by atoms with Crippen LogP contribution >= 0.6 is 11.3 Å². The predicted molar refractivity (Wildman–Crippen MR) is 78.7 cm³/mol. The molecule has 19 heavy (non-hydrogen) atoms. The molecule has 0 radical (unpaired) electrons. The number of thiophene rings is 1. The van der Waals surface area contributed by atoms with E-state index in [9.17, 15) is 4.39 Å². The van der Waals surface area contributed by atoms with Crippen molar-refractivity contribution >= 4 is 11.3 Å². The second-order valence-electron chi connectivity index (χ2n) is 4.88. The van der Waals surface area contributed by atoms with Crippen molar-refractivity contribution < 1.29 is 4.39 Å². The normalized spacial score (nSPS) is 12.7. The van der Waals surface area contributed by atoms with E-state index in [1.165, 1.54) is 21.4 Å². The summed E-state index contributed by atoms with van der Waals surface area (Å²) in [5.74, 6) is 5.48. The number of nitrogens with two attached hydrogens (primary N) is 1. The molecular formula is C15H19FN2S. The van der Waals surface area contributed by atoms with Gasteiger partial charge in [-0.1, -0.05) is 6.07 Å². The molecule has 0 aliphatic carbocycles. The van der Waals surface area contributed by atoms with Crippen LogP contribution in [0.5, 0.6) is 0 Å². The Hall–Kier alpha value is -1.23. The molecule has 0 aliphatic rings. The third-order valence-corrected chi connectivity index (χ3v) is 4.72. The minimum absolute atomic E-state index is 0.0709. The van der Waals surface area contributed by atoms with Crippen molar-refractivity contribution in [2.24, 2.45) is 5.84 Å². The summed E-state index contributed by atoms with van der Waals surface area (Å²) in [7, 11) is 0. The molecule has 3 N–H and O–H groups in total. The van der Waals surface area contributed by atoms with Crippen LogP contribution in [-0.4, -0.2) is 0 Å². The summed E-state index contributed by atoms with van der Waals surface area (Å²) in [4.78, 5) is 2.53. The van der Waals surface area contributed by atoms with Gasteiger partial charge >= 0.3 is 0 Å². The van der Waals surface area contributed by atoms with E-state index in [1.54, 1.807) is 17.4 Å². The number of hydrazine groups is 1. The van der Waals surface area contributed by atoms with Crippen molar-refractivity contribution in [2.45, 2.75) is 33.2 Å². The molecule has 2 aromatic rings. The molecule has 0 aliphatic heterocycles. The van der Waals surface area contributed by atoms with Crippen molar-refractivity contribution in [1.29, 1.82) is 0 Å². The molecule has 1 unspecified atom stereocenters. The zero-order valence-corrected chi connectivity index (χ0v) is 12.3. The van der Waals surface area contributed by atoms with Crippen LogP contribution in [0.15, 0.2) is 24.3 Å². The van der Waals surface area contributed by atoms with Crippen LogP contribution in [0.2, 0.25) is 0 Å². The van der Waals surface area contributed by atoms with E-state index in [0.29, 0.717) is 0 Å². The van der Waals surface area contributed by atoms with Crippen molar-refractivity contribution in [1.82, 2.24) is 5.43 Å². The molecule has 0 bridgehead atoms. The minimum atomic E-state index is -0.193. The van der Waals surface area contributed by atoms with Gasteiger partial charge in [0, 0.05) is 9.75 Å². The first kappa shape index (κ1) is 14.2. The van der Waals surface area contributed by atoms with Crippen molar-refractivity contribution in [3.63, 3.8) is 0 Å². The highest BCUT2D eigenvalue weighted by Gasteiger charge is 2.15. The maximum absolute atomic E-state index is 13.1. The van der Waals surface area contributed by atoms with Gasteiger partial charge in [-0.25, -0.2) is 4.39 Å². The second kappa shape index (κ2) is 5.82. The summed E-state index contributed by atoms with van der Waals surface area (Å²) < 4.78 is 13.1. The van der Waals surface area contributed by atoms with Crippen LogP contribution in [0, 0.1) is 26.6 Å². The Kier molecular flexibility index (Phi) is 4.34. The van der Waals surface area contributed by atoms with Crippen LogP contribution < -0.4 is 11.3 Å². The van der Waals surface area contributed by atoms with Gasteiger partial charge in [-0.2, -0.15) is 0 Å². The standard InChI is InChI=1S/C15H19FN2S/c1-9-7-15(19-11(9)3)14(18-17)8-12-4-5-13(16)6-10(12)2/h4-7,14,18H,8,17H2,1-3H3. The van der Waals surface area contributed by atoms with Crippen LogP contribution in [0.25, 0.3) is 0 Å². The van der Waals surface area contributed by atoms with E-state index in [2.05, 4.69) is 25.3 Å². The van der Waals surface area contributed by atoms with Gasteiger partial charge in [0.05, 0.1) is 6.04 Å². The highest BCUT2D eigenvalue weighted by atomic mass is 32.1. The predicted octanol–water partition coefficient (Wildman–Crippen LogP) is 3.56. The minimum Gasteiger partial charge on any atom is -0.271 e. The maximum Gasteiger partial charge on any atom is 0.123 e. The molecule has 0 fully saturated rings. The van der Waals surface area contributed by atoms with E-state index < -0.39 is 0 Å². The summed E-state index contributed by atoms with van der Waals surface area (Å²) in [5, 5.41) is 0. The zero-order valence-electron chi connectivity index (χ0n) is 11.5. The molecule has 0 saturated carbocycles. The van der Waals surface area contributed by atoms with Gasteiger partial charge in [0.15, 0.2) is 0 Å². The van der Waals surface area contributed by atoms with Crippen molar-refractivity contribution in [3.05, 3.63) is 56.5 Å². The number of nitrogens with one attached hydrogen (secondary N) is 1. The molecule has 0 saturated heterocycles. The SMILES string of the molecule is Cc1cc(F)ccc1CC(NN)c1cc(C)c(C)s1. The van der Waals surface area contributed by atoms with Gasteiger partial charge in [-0.05, 0) is 62.1 Å². The summed E-state index contributed by atoms with van der Waals surface area (Å²) in [6, 6.07) is 7.14. The number of hydrogen-bond acceptors (Lipinski definition) is 3. The molecule has 0 spiro atoms. The highest BCUT2D eigenvalue weighted by Crippen LogP contribution is 2.29. The third kappa shape index (κ3) is 3.21. The lowest BCUT2D eigenvalue weighted by Crippen LogP contribution is -2.29. The van der Waals surface area contributed by atoms with E-state index in [0.717, 1.165) is 17.5 Å². The van der Waals surface area contributed by atoms with Gasteiger partial charge in [-0.3, -0.25) is 11.3 Å². The number of aryl methyl sites for hydroxylation is 3. The average Bonchev–Trinajstić information content (AvgIpc) is 2.68. The zero-order chi connectivity index (χ0) is 14.0. The Morgan fingerprint density at radius 3 is 2.47 bits per heavy atom. The van der Waals surface area contributed by atoms with E-state index in [4.69, 9.17) is 5.84 Å². The van der Waals surface area contributed by atoms with Gasteiger partial charge < -0.3 is 0 Å². The lowest BCUT2D eigenvalue weighted by molar-refractivity contribution is 0.557. The second-order valence-corrected chi connectivity index (χ2v) is 6.17. The molecule has 2 rings (SSSR count). The molecule has 1 heterocycles. The molecule has 1 aromatic heterocycles. The quantitative estimate of drug-likeness (QED) is 0.663. The first-order valence-corrected chi connectivity index (χ1v) is 7.11. The van der Waals surface area contributed by atoms with Crippen LogP contribution in [0.4, 0.5) is 4.39 Å². The van der Waals surface area contributed by atoms with Crippen molar-refractivity contribution in [2.75, 3.05) is 0 Å².